The summed E-state index contributed by atoms with van der Waals surface area (Å²) in [5.41, 5.74) is 2.26. The highest BCUT2D eigenvalue weighted by Crippen LogP contribution is 2.15. The van der Waals surface area contributed by atoms with E-state index in [1.54, 1.807) is 0 Å². The van der Waals surface area contributed by atoms with E-state index in [-0.39, 0.29) is 5.56 Å². The van der Waals surface area contributed by atoms with Gasteiger partial charge in [0.05, 0.1) is 5.02 Å². The van der Waals surface area contributed by atoms with E-state index in [4.69, 9.17) is 11.6 Å². The first kappa shape index (κ1) is 13.4. The monoisotopic (exact) mass is 276 g/mol. The molecule has 4 nitrogen and oxygen atoms in total. The molecule has 2 rings (SSSR count). The first-order chi connectivity index (χ1) is 8.95. The minimum absolute atomic E-state index is 0.00772. The number of aryl methyl sites for hydroxylation is 2. The predicted molar refractivity (Wildman–Crippen MR) is 75.9 cm³/mol. The van der Waals surface area contributed by atoms with Crippen molar-refractivity contribution in [3.63, 3.8) is 0 Å². The molecule has 98 valence electrons. The van der Waals surface area contributed by atoms with Crippen molar-refractivity contribution >= 4 is 23.2 Å². The van der Waals surface area contributed by atoms with Gasteiger partial charge in [-0.15, -0.1) is 0 Å². The number of carbonyl (C=O) groups excluding carboxylic acids is 1. The van der Waals surface area contributed by atoms with Gasteiger partial charge in [-0.25, -0.2) is 0 Å². The molecule has 0 saturated carbocycles. The largest absolute Gasteiger partial charge is 0.327 e. The highest BCUT2D eigenvalue weighted by atomic mass is 35.5. The number of anilines is 1. The third-order valence-corrected chi connectivity index (χ3v) is 2.81. The standard InChI is InChI=1S/C14H13ClN2O2/c1-8-3-9(2)5-11(4-8)17-14(19)12-6-10(15)7-16-13(12)18/h3-7H,1-2H3,(H,16,18)(H,17,19). The molecule has 0 spiro atoms. The predicted octanol–water partition coefficient (Wildman–Crippen LogP) is 2.90. The summed E-state index contributed by atoms with van der Waals surface area (Å²) in [6, 6.07) is 7.02. The van der Waals surface area contributed by atoms with Crippen molar-refractivity contribution in [2.45, 2.75) is 13.8 Å². The van der Waals surface area contributed by atoms with Gasteiger partial charge in [-0.1, -0.05) is 17.7 Å². The Kier molecular flexibility index (Phi) is 3.71. The molecule has 5 heteroatoms. The van der Waals surface area contributed by atoms with Gasteiger partial charge in [0.15, 0.2) is 0 Å². The Labute approximate surface area is 115 Å². The summed E-state index contributed by atoms with van der Waals surface area (Å²) < 4.78 is 0. The summed E-state index contributed by atoms with van der Waals surface area (Å²) in [5, 5.41) is 3.00. The quantitative estimate of drug-likeness (QED) is 0.886. The molecule has 0 bridgehead atoms. The van der Waals surface area contributed by atoms with E-state index < -0.39 is 11.5 Å². The van der Waals surface area contributed by atoms with Gasteiger partial charge in [0.25, 0.3) is 11.5 Å². The number of amides is 1. The third kappa shape index (κ3) is 3.23. The molecule has 2 aromatic rings. The maximum Gasteiger partial charge on any atom is 0.261 e. The first-order valence-electron chi connectivity index (χ1n) is 5.73. The van der Waals surface area contributed by atoms with Crippen LogP contribution in [-0.4, -0.2) is 10.9 Å². The molecule has 19 heavy (non-hydrogen) atoms. The van der Waals surface area contributed by atoms with E-state index in [0.29, 0.717) is 10.7 Å². The number of H-pyrrole nitrogens is 1. The lowest BCUT2D eigenvalue weighted by Gasteiger charge is -2.07. The Morgan fingerprint density at radius 2 is 1.79 bits per heavy atom. The van der Waals surface area contributed by atoms with E-state index in [2.05, 4.69) is 10.3 Å². The number of carbonyl (C=O) groups is 1. The molecule has 0 aliphatic heterocycles. The summed E-state index contributed by atoms with van der Waals surface area (Å²) in [4.78, 5) is 26.0. The molecule has 1 amide bonds. The normalized spacial score (nSPS) is 10.3. The smallest absolute Gasteiger partial charge is 0.261 e. The van der Waals surface area contributed by atoms with Gasteiger partial charge < -0.3 is 10.3 Å². The van der Waals surface area contributed by atoms with E-state index in [1.807, 2.05) is 32.0 Å². The Bertz CT molecular complexity index is 672. The van der Waals surface area contributed by atoms with Gasteiger partial charge >= 0.3 is 0 Å². The SMILES string of the molecule is Cc1cc(C)cc(NC(=O)c2cc(Cl)c[nH]c2=O)c1. The van der Waals surface area contributed by atoms with E-state index >= 15 is 0 Å². The molecule has 0 unspecified atom stereocenters. The minimum atomic E-state index is -0.478. The number of hydrogen-bond acceptors (Lipinski definition) is 2. The second-order valence-electron chi connectivity index (χ2n) is 4.39. The number of pyridine rings is 1. The van der Waals surface area contributed by atoms with Crippen LogP contribution in [-0.2, 0) is 0 Å². The van der Waals surface area contributed by atoms with Gasteiger partial charge in [0.2, 0.25) is 0 Å². The fraction of sp³-hybridized carbons (Fsp3) is 0.143. The fourth-order valence-electron chi connectivity index (χ4n) is 1.87. The van der Waals surface area contributed by atoms with Crippen molar-refractivity contribution in [3.8, 4) is 0 Å². The zero-order valence-corrected chi connectivity index (χ0v) is 11.3. The van der Waals surface area contributed by atoms with Gasteiger partial charge in [-0.3, -0.25) is 9.59 Å². The number of hydrogen-bond donors (Lipinski definition) is 2. The van der Waals surface area contributed by atoms with Crippen molar-refractivity contribution in [2.75, 3.05) is 5.32 Å². The van der Waals surface area contributed by atoms with Crippen LogP contribution in [0.2, 0.25) is 5.02 Å². The van der Waals surface area contributed by atoms with Crippen LogP contribution in [0.3, 0.4) is 0 Å². The van der Waals surface area contributed by atoms with Crippen LogP contribution in [0.5, 0.6) is 0 Å². The zero-order chi connectivity index (χ0) is 14.0. The lowest BCUT2D eigenvalue weighted by molar-refractivity contribution is 0.102. The molecule has 0 saturated heterocycles. The molecule has 0 aliphatic rings. The number of aromatic nitrogens is 1. The lowest BCUT2D eigenvalue weighted by Crippen LogP contribution is -2.22. The van der Waals surface area contributed by atoms with Crippen LogP contribution >= 0.6 is 11.6 Å². The summed E-state index contributed by atoms with van der Waals surface area (Å²) in [6.45, 7) is 3.88. The van der Waals surface area contributed by atoms with Crippen LogP contribution in [0, 0.1) is 13.8 Å². The zero-order valence-electron chi connectivity index (χ0n) is 10.6. The molecule has 0 atom stereocenters. The summed E-state index contributed by atoms with van der Waals surface area (Å²) >= 11 is 5.76. The number of aromatic amines is 1. The second kappa shape index (κ2) is 5.28. The van der Waals surface area contributed by atoms with Crippen LogP contribution in [0.4, 0.5) is 5.69 Å². The summed E-state index contributed by atoms with van der Waals surface area (Å²) in [5.74, 6) is -0.478. The number of halogens is 1. The van der Waals surface area contributed by atoms with E-state index in [1.165, 1.54) is 12.3 Å². The molecule has 2 N–H and O–H groups in total. The number of benzene rings is 1. The molecule has 0 aliphatic carbocycles. The highest BCUT2D eigenvalue weighted by molar-refractivity contribution is 6.30. The molecule has 1 aromatic carbocycles. The maximum absolute atomic E-state index is 12.0. The van der Waals surface area contributed by atoms with Crippen molar-refractivity contribution in [3.05, 3.63) is 62.5 Å². The molecule has 0 fully saturated rings. The third-order valence-electron chi connectivity index (χ3n) is 2.59. The Morgan fingerprint density at radius 3 is 2.42 bits per heavy atom. The molecule has 0 radical (unpaired) electrons. The van der Waals surface area contributed by atoms with E-state index in [9.17, 15) is 9.59 Å². The summed E-state index contributed by atoms with van der Waals surface area (Å²) in [7, 11) is 0. The van der Waals surface area contributed by atoms with Crippen molar-refractivity contribution in [1.82, 2.24) is 4.98 Å². The van der Waals surface area contributed by atoms with Crippen LogP contribution in [0.15, 0.2) is 35.3 Å². The van der Waals surface area contributed by atoms with Gasteiger partial charge in [-0.2, -0.15) is 0 Å². The Hall–Kier alpha value is -2.07. The summed E-state index contributed by atoms with van der Waals surface area (Å²) in [6.07, 6.45) is 1.34. The first-order valence-corrected chi connectivity index (χ1v) is 6.11. The van der Waals surface area contributed by atoms with E-state index in [0.717, 1.165) is 11.1 Å². The Balaban J connectivity index is 2.30. The maximum atomic E-state index is 12.0. The average Bonchev–Trinajstić information content (AvgIpc) is 2.30. The van der Waals surface area contributed by atoms with Gasteiger partial charge in [-0.05, 0) is 43.2 Å². The Morgan fingerprint density at radius 1 is 1.16 bits per heavy atom. The number of nitrogens with one attached hydrogen (secondary N) is 2. The number of rotatable bonds is 2. The second-order valence-corrected chi connectivity index (χ2v) is 4.83. The van der Waals surface area contributed by atoms with Gasteiger partial charge in [0, 0.05) is 11.9 Å². The van der Waals surface area contributed by atoms with Crippen LogP contribution in [0.25, 0.3) is 0 Å². The van der Waals surface area contributed by atoms with Crippen molar-refractivity contribution in [1.29, 1.82) is 0 Å². The fourth-order valence-corrected chi connectivity index (χ4v) is 2.03. The van der Waals surface area contributed by atoms with Crippen LogP contribution in [0.1, 0.15) is 21.5 Å². The topological polar surface area (TPSA) is 62.0 Å². The highest BCUT2D eigenvalue weighted by Gasteiger charge is 2.11. The average molecular weight is 277 g/mol. The lowest BCUT2D eigenvalue weighted by atomic mass is 10.1. The van der Waals surface area contributed by atoms with Crippen molar-refractivity contribution in [2.24, 2.45) is 0 Å². The van der Waals surface area contributed by atoms with Crippen molar-refractivity contribution < 1.29 is 4.79 Å². The molecule has 1 heterocycles. The molecular formula is C14H13ClN2O2. The van der Waals surface area contributed by atoms with Gasteiger partial charge in [0.1, 0.15) is 5.56 Å². The molecule has 1 aromatic heterocycles. The molecular weight excluding hydrogens is 264 g/mol. The minimum Gasteiger partial charge on any atom is -0.327 e. The van der Waals surface area contributed by atoms with Crippen LogP contribution < -0.4 is 10.9 Å².